The molecule has 1 unspecified atom stereocenters. The largest absolute Gasteiger partial charge is 0.396 e. The molecule has 1 aromatic heterocycles. The van der Waals surface area contributed by atoms with Gasteiger partial charge in [-0.25, -0.2) is 4.98 Å². The van der Waals surface area contributed by atoms with Crippen LogP contribution in [0.25, 0.3) is 0 Å². The number of thioether (sulfide) groups is 1. The van der Waals surface area contributed by atoms with E-state index >= 15 is 0 Å². The van der Waals surface area contributed by atoms with Gasteiger partial charge in [-0.1, -0.05) is 0 Å². The van der Waals surface area contributed by atoms with Gasteiger partial charge in [-0.3, -0.25) is 4.79 Å². The third kappa shape index (κ3) is 2.87. The Labute approximate surface area is 111 Å². The number of carbonyl (C=O) groups is 1. The van der Waals surface area contributed by atoms with Gasteiger partial charge in [0, 0.05) is 11.3 Å². The molecule has 5 nitrogen and oxygen atoms in total. The third-order valence-electron chi connectivity index (χ3n) is 3.11. The summed E-state index contributed by atoms with van der Waals surface area (Å²) in [7, 11) is 0. The molecule has 2 rings (SSSR count). The summed E-state index contributed by atoms with van der Waals surface area (Å²) in [5.41, 5.74) is 11.8. The number of rotatable bonds is 4. The number of primary amides is 1. The zero-order chi connectivity index (χ0) is 13.2. The second-order valence-corrected chi connectivity index (χ2v) is 6.44. The van der Waals surface area contributed by atoms with E-state index in [2.05, 4.69) is 17.2 Å². The van der Waals surface area contributed by atoms with E-state index in [4.69, 9.17) is 11.5 Å². The fourth-order valence-corrected chi connectivity index (χ4v) is 3.24. The first-order chi connectivity index (χ1) is 8.50. The summed E-state index contributed by atoms with van der Waals surface area (Å²) in [5.74, 6) is 1.20. The Morgan fingerprint density at radius 2 is 2.39 bits per heavy atom. The van der Waals surface area contributed by atoms with Crippen LogP contribution in [0.5, 0.6) is 0 Å². The minimum absolute atomic E-state index is 0.219. The highest BCUT2D eigenvalue weighted by molar-refractivity contribution is 8.00. The van der Waals surface area contributed by atoms with Gasteiger partial charge in [0.15, 0.2) is 0 Å². The van der Waals surface area contributed by atoms with Crippen molar-refractivity contribution in [2.45, 2.75) is 24.5 Å². The highest BCUT2D eigenvalue weighted by Gasteiger charge is 2.29. The zero-order valence-corrected chi connectivity index (χ0v) is 11.2. The molecule has 1 saturated heterocycles. The van der Waals surface area contributed by atoms with Crippen LogP contribution in [0.1, 0.15) is 30.3 Å². The van der Waals surface area contributed by atoms with Crippen LogP contribution in [0.15, 0.2) is 12.1 Å². The minimum atomic E-state index is -0.542. The van der Waals surface area contributed by atoms with Gasteiger partial charge in [-0.05, 0) is 37.7 Å². The third-order valence-corrected chi connectivity index (χ3v) is 4.65. The monoisotopic (exact) mass is 266 g/mol. The maximum atomic E-state index is 11.1. The molecule has 1 aromatic rings. The van der Waals surface area contributed by atoms with Crippen molar-refractivity contribution in [1.82, 2.24) is 4.98 Å². The molecule has 2 heterocycles. The van der Waals surface area contributed by atoms with Gasteiger partial charge in [-0.15, -0.1) is 0 Å². The van der Waals surface area contributed by atoms with Gasteiger partial charge in [0.25, 0.3) is 5.91 Å². The van der Waals surface area contributed by atoms with Crippen molar-refractivity contribution >= 4 is 29.2 Å². The van der Waals surface area contributed by atoms with Gasteiger partial charge < -0.3 is 16.8 Å². The SMILES string of the molecule is CC1(CNc2nc(C(N)=O)ccc2N)CCCS1. The molecular weight excluding hydrogens is 248 g/mol. The van der Waals surface area contributed by atoms with E-state index in [1.165, 1.54) is 24.7 Å². The number of hydrogen-bond donors (Lipinski definition) is 3. The molecule has 1 amide bonds. The van der Waals surface area contributed by atoms with E-state index in [1.54, 1.807) is 6.07 Å². The van der Waals surface area contributed by atoms with Crippen molar-refractivity contribution in [3.05, 3.63) is 17.8 Å². The van der Waals surface area contributed by atoms with Crippen molar-refractivity contribution in [1.29, 1.82) is 0 Å². The molecule has 98 valence electrons. The number of carbonyl (C=O) groups excluding carboxylic acids is 1. The molecule has 1 aliphatic rings. The fraction of sp³-hybridized carbons (Fsp3) is 0.500. The molecule has 1 aliphatic heterocycles. The van der Waals surface area contributed by atoms with Gasteiger partial charge in [0.05, 0.1) is 5.69 Å². The molecule has 0 radical (unpaired) electrons. The highest BCUT2D eigenvalue weighted by atomic mass is 32.2. The number of hydrogen-bond acceptors (Lipinski definition) is 5. The minimum Gasteiger partial charge on any atom is -0.396 e. The molecule has 1 atom stereocenters. The van der Waals surface area contributed by atoms with Gasteiger partial charge in [-0.2, -0.15) is 11.8 Å². The number of aromatic nitrogens is 1. The van der Waals surface area contributed by atoms with Gasteiger partial charge >= 0.3 is 0 Å². The van der Waals surface area contributed by atoms with Crippen molar-refractivity contribution in [3.63, 3.8) is 0 Å². The average molecular weight is 266 g/mol. The number of amides is 1. The Morgan fingerprint density at radius 1 is 1.61 bits per heavy atom. The molecule has 0 aromatic carbocycles. The Bertz CT molecular complexity index is 457. The van der Waals surface area contributed by atoms with Crippen molar-refractivity contribution in [2.24, 2.45) is 5.73 Å². The summed E-state index contributed by atoms with van der Waals surface area (Å²) < 4.78 is 0.219. The number of nitrogens with one attached hydrogen (secondary N) is 1. The maximum Gasteiger partial charge on any atom is 0.267 e. The van der Waals surface area contributed by atoms with Crippen LogP contribution in [0.4, 0.5) is 11.5 Å². The normalized spacial score (nSPS) is 22.9. The van der Waals surface area contributed by atoms with E-state index in [0.29, 0.717) is 11.5 Å². The first kappa shape index (κ1) is 13.0. The Balaban J connectivity index is 2.08. The summed E-state index contributed by atoms with van der Waals surface area (Å²) in [4.78, 5) is 15.2. The quantitative estimate of drug-likeness (QED) is 0.767. The molecule has 6 heteroatoms. The van der Waals surface area contributed by atoms with Gasteiger partial charge in [0.2, 0.25) is 0 Å². The molecule has 0 aliphatic carbocycles. The summed E-state index contributed by atoms with van der Waals surface area (Å²) in [6.45, 7) is 3.02. The zero-order valence-electron chi connectivity index (χ0n) is 10.4. The predicted octanol–water partition coefficient (Wildman–Crippen LogP) is 1.46. The molecule has 0 saturated carbocycles. The molecule has 1 fully saturated rings. The first-order valence-corrected chi connectivity index (χ1v) is 6.93. The molecule has 0 bridgehead atoms. The number of pyridine rings is 1. The van der Waals surface area contributed by atoms with Crippen LogP contribution in [-0.4, -0.2) is 27.9 Å². The van der Waals surface area contributed by atoms with E-state index in [0.717, 1.165) is 6.54 Å². The summed E-state index contributed by atoms with van der Waals surface area (Å²) in [5, 5.41) is 3.23. The second-order valence-electron chi connectivity index (χ2n) is 4.75. The van der Waals surface area contributed by atoms with Crippen LogP contribution in [0.2, 0.25) is 0 Å². The lowest BCUT2D eigenvalue weighted by molar-refractivity contribution is 0.0996. The predicted molar refractivity (Wildman–Crippen MR) is 75.8 cm³/mol. The molecular formula is C12H18N4OS. The molecule has 0 spiro atoms. The van der Waals surface area contributed by atoms with Crippen LogP contribution >= 0.6 is 11.8 Å². The smallest absolute Gasteiger partial charge is 0.267 e. The second kappa shape index (κ2) is 5.06. The molecule has 5 N–H and O–H groups in total. The Kier molecular flexibility index (Phi) is 3.65. The van der Waals surface area contributed by atoms with Crippen molar-refractivity contribution in [2.75, 3.05) is 23.3 Å². The average Bonchev–Trinajstić information content (AvgIpc) is 2.75. The van der Waals surface area contributed by atoms with E-state index in [1.807, 2.05) is 11.8 Å². The van der Waals surface area contributed by atoms with Crippen LogP contribution in [0.3, 0.4) is 0 Å². The standard InChI is InChI=1S/C12H18N4OS/c1-12(5-2-6-18-12)7-15-11-8(13)3-4-9(16-11)10(14)17/h3-4H,2,5-7,13H2,1H3,(H2,14,17)(H,15,16). The van der Waals surface area contributed by atoms with E-state index in [-0.39, 0.29) is 10.4 Å². The van der Waals surface area contributed by atoms with E-state index < -0.39 is 5.91 Å². The van der Waals surface area contributed by atoms with Crippen LogP contribution in [-0.2, 0) is 0 Å². The van der Waals surface area contributed by atoms with Crippen molar-refractivity contribution in [3.8, 4) is 0 Å². The van der Waals surface area contributed by atoms with Crippen molar-refractivity contribution < 1.29 is 4.79 Å². The lowest BCUT2D eigenvalue weighted by atomic mass is 10.1. The summed E-state index contributed by atoms with van der Waals surface area (Å²) >= 11 is 1.96. The van der Waals surface area contributed by atoms with Gasteiger partial charge in [0.1, 0.15) is 11.5 Å². The Hall–Kier alpha value is -1.43. The first-order valence-electron chi connectivity index (χ1n) is 5.94. The van der Waals surface area contributed by atoms with Crippen LogP contribution in [0, 0.1) is 0 Å². The fourth-order valence-electron chi connectivity index (χ4n) is 2.00. The number of anilines is 2. The maximum absolute atomic E-state index is 11.1. The topological polar surface area (TPSA) is 94.0 Å². The molecule has 18 heavy (non-hydrogen) atoms. The van der Waals surface area contributed by atoms with E-state index in [9.17, 15) is 4.79 Å². The number of nitrogens with two attached hydrogens (primary N) is 2. The number of nitrogens with zero attached hydrogens (tertiary/aromatic N) is 1. The lowest BCUT2D eigenvalue weighted by Gasteiger charge is -2.23. The summed E-state index contributed by atoms with van der Waals surface area (Å²) in [6, 6.07) is 3.19. The summed E-state index contributed by atoms with van der Waals surface area (Å²) in [6.07, 6.45) is 2.42. The lowest BCUT2D eigenvalue weighted by Crippen LogP contribution is -2.28. The van der Waals surface area contributed by atoms with Crippen LogP contribution < -0.4 is 16.8 Å². The number of nitrogen functional groups attached to an aromatic ring is 1. The Morgan fingerprint density at radius 3 is 3.00 bits per heavy atom. The highest BCUT2D eigenvalue weighted by Crippen LogP contribution is 2.37.